The average Bonchev–Trinajstić information content (AvgIpc) is 2.98. The van der Waals surface area contributed by atoms with Crippen LogP contribution in [0.5, 0.6) is 0 Å². The van der Waals surface area contributed by atoms with Crippen molar-refractivity contribution >= 4 is 0 Å². The van der Waals surface area contributed by atoms with E-state index in [1.807, 2.05) is 11.7 Å². The molecule has 3 aromatic rings. The van der Waals surface area contributed by atoms with Crippen molar-refractivity contribution in [2.75, 3.05) is 6.54 Å². The smallest absolute Gasteiger partial charge is 0.0926 e. The van der Waals surface area contributed by atoms with Gasteiger partial charge in [-0.05, 0) is 35.2 Å². The summed E-state index contributed by atoms with van der Waals surface area (Å²) < 4.78 is 1.93. The van der Waals surface area contributed by atoms with Gasteiger partial charge in [0.15, 0.2) is 0 Å². The van der Waals surface area contributed by atoms with E-state index in [1.54, 1.807) is 0 Å². The molecule has 26 heavy (non-hydrogen) atoms. The van der Waals surface area contributed by atoms with Crippen molar-refractivity contribution in [2.45, 2.75) is 33.0 Å². The van der Waals surface area contributed by atoms with E-state index in [0.717, 1.165) is 31.7 Å². The van der Waals surface area contributed by atoms with Crippen LogP contribution in [0.1, 0.15) is 28.1 Å². The third kappa shape index (κ3) is 3.18. The lowest BCUT2D eigenvalue weighted by Crippen LogP contribution is -2.30. The monoisotopic (exact) mass is 347 g/mol. The van der Waals surface area contributed by atoms with Gasteiger partial charge in [-0.25, -0.2) is 0 Å². The topological polar surface area (TPSA) is 41.3 Å². The van der Waals surface area contributed by atoms with Gasteiger partial charge in [-0.15, -0.1) is 0 Å². The Balaban J connectivity index is 1.55. The number of aromatic nitrogens is 2. The van der Waals surface area contributed by atoms with Crippen LogP contribution in [-0.2, 0) is 33.2 Å². The highest BCUT2D eigenvalue weighted by atomic mass is 16.3. The predicted molar refractivity (Wildman–Crippen MR) is 104 cm³/mol. The molecule has 4 nitrogen and oxygen atoms in total. The average molecular weight is 347 g/mol. The van der Waals surface area contributed by atoms with Gasteiger partial charge < -0.3 is 5.11 Å². The number of nitrogens with zero attached hydrogens (tertiary/aromatic N) is 3. The molecule has 0 saturated heterocycles. The summed E-state index contributed by atoms with van der Waals surface area (Å²) in [7, 11) is 1.97. The predicted octanol–water partition coefficient (Wildman–Crippen LogP) is 3.45. The maximum Gasteiger partial charge on any atom is 0.0926 e. The van der Waals surface area contributed by atoms with E-state index in [2.05, 4.69) is 65.5 Å². The van der Waals surface area contributed by atoms with Gasteiger partial charge in [-0.2, -0.15) is 5.10 Å². The molecule has 0 radical (unpaired) electrons. The second-order valence-electron chi connectivity index (χ2n) is 7.13. The maximum absolute atomic E-state index is 9.58. The number of aliphatic hydroxyl groups excluding tert-OH is 1. The molecule has 0 saturated carbocycles. The van der Waals surface area contributed by atoms with Crippen molar-refractivity contribution in [1.82, 2.24) is 14.7 Å². The van der Waals surface area contributed by atoms with Gasteiger partial charge in [0.05, 0.1) is 12.3 Å². The lowest BCUT2D eigenvalue weighted by atomic mass is 9.98. The van der Waals surface area contributed by atoms with Crippen LogP contribution in [0, 0.1) is 6.92 Å². The first kappa shape index (κ1) is 17.0. The van der Waals surface area contributed by atoms with E-state index in [-0.39, 0.29) is 6.61 Å². The molecule has 1 aliphatic rings. The Bertz CT molecular complexity index is 929. The zero-order valence-electron chi connectivity index (χ0n) is 15.4. The minimum atomic E-state index is 0.0137. The Morgan fingerprint density at radius 1 is 1.12 bits per heavy atom. The first-order valence-corrected chi connectivity index (χ1v) is 9.17. The number of rotatable bonds is 4. The first-order valence-electron chi connectivity index (χ1n) is 9.17. The summed E-state index contributed by atoms with van der Waals surface area (Å²) in [5.41, 5.74) is 8.48. The highest BCUT2D eigenvalue weighted by Gasteiger charge is 2.23. The van der Waals surface area contributed by atoms with Crippen molar-refractivity contribution < 1.29 is 5.11 Å². The minimum absolute atomic E-state index is 0.0137. The van der Waals surface area contributed by atoms with E-state index in [0.29, 0.717) is 0 Å². The molecule has 2 heterocycles. The Morgan fingerprint density at radius 2 is 1.96 bits per heavy atom. The third-order valence-corrected chi connectivity index (χ3v) is 5.34. The summed E-state index contributed by atoms with van der Waals surface area (Å²) in [5, 5.41) is 14.0. The van der Waals surface area contributed by atoms with Crippen LogP contribution < -0.4 is 0 Å². The minimum Gasteiger partial charge on any atom is -0.390 e. The molecule has 0 spiro atoms. The van der Waals surface area contributed by atoms with E-state index in [4.69, 9.17) is 0 Å². The summed E-state index contributed by atoms with van der Waals surface area (Å²) in [6, 6.07) is 17.4. The Morgan fingerprint density at radius 3 is 2.77 bits per heavy atom. The maximum atomic E-state index is 9.58. The van der Waals surface area contributed by atoms with Crippen LogP contribution in [0.25, 0.3) is 11.1 Å². The van der Waals surface area contributed by atoms with E-state index >= 15 is 0 Å². The van der Waals surface area contributed by atoms with Gasteiger partial charge >= 0.3 is 0 Å². The Labute approximate surface area is 154 Å². The van der Waals surface area contributed by atoms with Crippen LogP contribution in [0.3, 0.4) is 0 Å². The van der Waals surface area contributed by atoms with Crippen molar-refractivity contribution in [1.29, 1.82) is 0 Å². The number of benzene rings is 2. The molecule has 0 atom stereocenters. The summed E-state index contributed by atoms with van der Waals surface area (Å²) in [5.74, 6) is 0. The molecule has 4 rings (SSSR count). The van der Waals surface area contributed by atoms with Crippen LogP contribution in [0.15, 0.2) is 48.5 Å². The van der Waals surface area contributed by atoms with Gasteiger partial charge in [0.1, 0.15) is 0 Å². The fourth-order valence-electron chi connectivity index (χ4n) is 3.98. The second-order valence-corrected chi connectivity index (χ2v) is 7.13. The molecule has 0 fully saturated rings. The number of fused-ring (bicyclic) bond motifs is 1. The SMILES string of the molecule is Cc1ccccc1-c1cccc(CN2CCc3c(c(CO)nn3C)C2)c1. The molecule has 0 bridgehead atoms. The molecule has 134 valence electrons. The van der Waals surface area contributed by atoms with Crippen LogP contribution in [0.2, 0.25) is 0 Å². The van der Waals surface area contributed by atoms with E-state index < -0.39 is 0 Å². The number of aliphatic hydroxyl groups is 1. The molecule has 4 heteroatoms. The molecular formula is C22H25N3O. The molecule has 1 N–H and O–H groups in total. The zero-order chi connectivity index (χ0) is 18.1. The quantitative estimate of drug-likeness (QED) is 0.786. The Hall–Kier alpha value is -2.43. The van der Waals surface area contributed by atoms with Gasteiger partial charge in [0, 0.05) is 44.4 Å². The highest BCUT2D eigenvalue weighted by molar-refractivity contribution is 5.67. The third-order valence-electron chi connectivity index (χ3n) is 5.34. The molecule has 1 aromatic heterocycles. The standard InChI is InChI=1S/C22H25N3O/c1-16-6-3-4-9-19(16)18-8-5-7-17(12-18)13-25-11-10-22-20(14-25)21(15-26)23-24(22)2/h3-9,12,26H,10-11,13-15H2,1-2H3. The summed E-state index contributed by atoms with van der Waals surface area (Å²) in [6.45, 7) is 4.96. The Kier molecular flexibility index (Phi) is 4.62. The van der Waals surface area contributed by atoms with Crippen LogP contribution in [-0.4, -0.2) is 26.3 Å². The number of aryl methyl sites for hydroxylation is 2. The molecule has 1 aliphatic heterocycles. The largest absolute Gasteiger partial charge is 0.390 e. The summed E-state index contributed by atoms with van der Waals surface area (Å²) in [4.78, 5) is 2.44. The molecule has 0 amide bonds. The van der Waals surface area contributed by atoms with Crippen LogP contribution >= 0.6 is 0 Å². The van der Waals surface area contributed by atoms with Crippen molar-refractivity contribution in [3.63, 3.8) is 0 Å². The number of hydrogen-bond acceptors (Lipinski definition) is 3. The molecule has 0 aliphatic carbocycles. The van der Waals surface area contributed by atoms with E-state index in [9.17, 15) is 5.11 Å². The molecular weight excluding hydrogens is 322 g/mol. The lowest BCUT2D eigenvalue weighted by Gasteiger charge is -2.27. The first-order chi connectivity index (χ1) is 12.7. The van der Waals surface area contributed by atoms with Crippen molar-refractivity contribution in [3.05, 3.63) is 76.6 Å². The number of hydrogen-bond donors (Lipinski definition) is 1. The zero-order valence-corrected chi connectivity index (χ0v) is 15.4. The van der Waals surface area contributed by atoms with Crippen molar-refractivity contribution in [2.24, 2.45) is 7.05 Å². The summed E-state index contributed by atoms with van der Waals surface area (Å²) in [6.07, 6.45) is 0.982. The van der Waals surface area contributed by atoms with Crippen LogP contribution in [0.4, 0.5) is 0 Å². The normalized spacial score (nSPS) is 14.4. The van der Waals surface area contributed by atoms with Gasteiger partial charge in [0.25, 0.3) is 0 Å². The molecule has 2 aromatic carbocycles. The second kappa shape index (κ2) is 7.06. The summed E-state index contributed by atoms with van der Waals surface area (Å²) >= 11 is 0. The van der Waals surface area contributed by atoms with Gasteiger partial charge in [-0.1, -0.05) is 42.5 Å². The molecule has 0 unspecified atom stereocenters. The fourth-order valence-corrected chi connectivity index (χ4v) is 3.98. The highest BCUT2D eigenvalue weighted by Crippen LogP contribution is 2.26. The van der Waals surface area contributed by atoms with Gasteiger partial charge in [-0.3, -0.25) is 9.58 Å². The van der Waals surface area contributed by atoms with Crippen molar-refractivity contribution in [3.8, 4) is 11.1 Å². The van der Waals surface area contributed by atoms with E-state index in [1.165, 1.54) is 33.5 Å². The fraction of sp³-hybridized carbons (Fsp3) is 0.318. The van der Waals surface area contributed by atoms with Gasteiger partial charge in [0.2, 0.25) is 0 Å². The lowest BCUT2D eigenvalue weighted by molar-refractivity contribution is 0.236.